The Labute approximate surface area is 255 Å². The quantitative estimate of drug-likeness (QED) is 0.268. The van der Waals surface area contributed by atoms with Crippen LogP contribution in [0.5, 0.6) is 5.75 Å². The Balaban J connectivity index is 1.04. The van der Waals surface area contributed by atoms with Crippen molar-refractivity contribution >= 4 is 35.1 Å². The van der Waals surface area contributed by atoms with Gasteiger partial charge in [-0.2, -0.15) is 4.39 Å². The third kappa shape index (κ3) is 5.44. The van der Waals surface area contributed by atoms with Crippen LogP contribution >= 0.6 is 11.6 Å². The number of rotatable bonds is 7. The predicted molar refractivity (Wildman–Crippen MR) is 156 cm³/mol. The zero-order chi connectivity index (χ0) is 31.3. The van der Waals surface area contributed by atoms with Crippen LogP contribution in [-0.2, 0) is 7.05 Å². The number of β-amino-alcohol motifs (C(OH)–C–C–N with tert-alkyl or cyclic N) is 1. The Morgan fingerprint density at radius 3 is 2.48 bits per heavy atom. The number of carbonyl (C=O) groups excluding carboxylic acids is 3. The van der Waals surface area contributed by atoms with Crippen molar-refractivity contribution in [3.63, 3.8) is 0 Å². The Morgan fingerprint density at radius 2 is 1.82 bits per heavy atom. The molecule has 2 aromatic carbocycles. The number of aliphatic hydroxyl groups excluding tert-OH is 1. The molecule has 3 fully saturated rings. The fraction of sp³-hybridized carbons (Fsp3) is 0.379. The van der Waals surface area contributed by atoms with Gasteiger partial charge in [0, 0.05) is 62.4 Å². The molecule has 0 radical (unpaired) electrons. The van der Waals surface area contributed by atoms with Gasteiger partial charge in [0.15, 0.2) is 17.4 Å². The molecule has 6 rings (SSSR count). The number of fused-ring (bicyclic) bond motifs is 1. The van der Waals surface area contributed by atoms with Gasteiger partial charge < -0.3 is 40.6 Å². The van der Waals surface area contributed by atoms with Crippen molar-refractivity contribution in [2.24, 2.45) is 18.9 Å². The number of aliphatic hydroxyl groups is 1. The van der Waals surface area contributed by atoms with E-state index in [1.54, 1.807) is 4.90 Å². The average Bonchev–Trinajstić information content (AvgIpc) is 3.38. The van der Waals surface area contributed by atoms with Crippen LogP contribution in [0.15, 0.2) is 36.5 Å². The number of carbonyl (C=O) groups is 3. The van der Waals surface area contributed by atoms with E-state index in [0.29, 0.717) is 31.9 Å². The van der Waals surface area contributed by atoms with Crippen molar-refractivity contribution in [1.29, 1.82) is 0 Å². The van der Waals surface area contributed by atoms with Crippen LogP contribution in [0.3, 0.4) is 0 Å². The fourth-order valence-corrected chi connectivity index (χ4v) is 6.19. The zero-order valence-electron chi connectivity index (χ0n) is 23.7. The molecule has 2 aliphatic heterocycles. The minimum absolute atomic E-state index is 0.0624. The van der Waals surface area contributed by atoms with Crippen LogP contribution in [0.25, 0.3) is 11.3 Å². The second kappa shape index (κ2) is 11.7. The molecule has 3 aliphatic rings. The van der Waals surface area contributed by atoms with E-state index >= 15 is 0 Å². The van der Waals surface area contributed by atoms with Gasteiger partial charge in [0.05, 0.1) is 41.7 Å². The molecule has 4 amide bonds. The maximum atomic E-state index is 14.6. The molecule has 1 aliphatic carbocycles. The number of halogens is 3. The van der Waals surface area contributed by atoms with E-state index in [9.17, 15) is 28.3 Å². The number of urea groups is 1. The van der Waals surface area contributed by atoms with Crippen LogP contribution in [0.2, 0.25) is 5.02 Å². The van der Waals surface area contributed by atoms with Gasteiger partial charge in [-0.25, -0.2) is 14.2 Å². The van der Waals surface area contributed by atoms with Crippen LogP contribution in [0.1, 0.15) is 21.0 Å². The smallest absolute Gasteiger partial charge is 0.317 e. The molecule has 2 saturated heterocycles. The van der Waals surface area contributed by atoms with E-state index in [1.165, 1.54) is 55.3 Å². The third-order valence-electron chi connectivity index (χ3n) is 8.48. The highest BCUT2D eigenvalue weighted by Gasteiger charge is 2.57. The molecule has 0 bridgehead atoms. The number of nitrogens with zero attached hydrogens (tertiary/aromatic N) is 3. The molecule has 5 N–H and O–H groups in total. The second-order valence-electron chi connectivity index (χ2n) is 11.1. The highest BCUT2D eigenvalue weighted by molar-refractivity contribution is 6.34. The molecule has 232 valence electrons. The van der Waals surface area contributed by atoms with Gasteiger partial charge in [0.25, 0.3) is 11.8 Å². The van der Waals surface area contributed by atoms with Gasteiger partial charge in [0.2, 0.25) is 5.82 Å². The Morgan fingerprint density at radius 1 is 1.07 bits per heavy atom. The van der Waals surface area contributed by atoms with Gasteiger partial charge in [-0.3, -0.25) is 9.59 Å². The third-order valence-corrected chi connectivity index (χ3v) is 8.79. The van der Waals surface area contributed by atoms with Gasteiger partial charge in [-0.1, -0.05) is 11.6 Å². The van der Waals surface area contributed by atoms with E-state index in [0.717, 1.165) is 0 Å². The first-order valence-corrected chi connectivity index (χ1v) is 14.3. The number of piperidine rings is 1. The standard InChI is InChI=1S/C29H30ClF2N7O5/c1-38-20(15-5-6-22(44-2)24(32)23(15)31)9-34-26(38)28(42)35-13-3-4-14(18(30)7-13)27(41)37-25-16-11-39(12-17(16)25)29(43)36-19-8-33-10-21(19)40/h3-7,9,16-17,19,21,25,33,40H,8,10-12H2,1-2H3,(H,35,42)(H,36,43)(H,37,41)/t16-,17+,19-,21-,25+/m1/s1. The van der Waals surface area contributed by atoms with Crippen LogP contribution in [0.4, 0.5) is 19.3 Å². The number of ether oxygens (including phenoxy) is 1. The van der Waals surface area contributed by atoms with E-state index in [1.807, 2.05) is 0 Å². The van der Waals surface area contributed by atoms with Crippen LogP contribution in [0, 0.1) is 23.5 Å². The normalized spacial score (nSPS) is 23.7. The first kappa shape index (κ1) is 29.8. The maximum absolute atomic E-state index is 14.6. The summed E-state index contributed by atoms with van der Waals surface area (Å²) in [5.41, 5.74) is 0.615. The minimum Gasteiger partial charge on any atom is -0.494 e. The van der Waals surface area contributed by atoms with Gasteiger partial charge >= 0.3 is 6.03 Å². The number of imidazole rings is 1. The number of anilines is 1. The monoisotopic (exact) mass is 629 g/mol. The van der Waals surface area contributed by atoms with Crippen molar-refractivity contribution in [2.75, 3.05) is 38.6 Å². The zero-order valence-corrected chi connectivity index (χ0v) is 24.5. The topological polar surface area (TPSA) is 150 Å². The highest BCUT2D eigenvalue weighted by atomic mass is 35.5. The van der Waals surface area contributed by atoms with E-state index < -0.39 is 23.6 Å². The highest BCUT2D eigenvalue weighted by Crippen LogP contribution is 2.45. The van der Waals surface area contributed by atoms with Crippen molar-refractivity contribution in [2.45, 2.75) is 18.2 Å². The summed E-state index contributed by atoms with van der Waals surface area (Å²) in [6.07, 6.45) is 0.647. The number of likely N-dealkylation sites (tertiary alicyclic amines) is 1. The van der Waals surface area contributed by atoms with Gasteiger partial charge in [-0.15, -0.1) is 0 Å². The Kier molecular flexibility index (Phi) is 7.90. The van der Waals surface area contributed by atoms with E-state index in [-0.39, 0.29) is 69.3 Å². The molecule has 3 heterocycles. The predicted octanol–water partition coefficient (Wildman–Crippen LogP) is 1.98. The molecule has 0 spiro atoms. The first-order chi connectivity index (χ1) is 21.1. The number of methoxy groups -OCH3 is 1. The minimum atomic E-state index is -1.15. The molecule has 3 aromatic rings. The Hall–Kier alpha value is -4.27. The van der Waals surface area contributed by atoms with Crippen molar-refractivity contribution in [3.8, 4) is 17.0 Å². The number of hydrogen-bond donors (Lipinski definition) is 5. The fourth-order valence-electron chi connectivity index (χ4n) is 5.92. The lowest BCUT2D eigenvalue weighted by Crippen LogP contribution is -2.49. The van der Waals surface area contributed by atoms with Gasteiger partial charge in [0.1, 0.15) is 0 Å². The summed E-state index contributed by atoms with van der Waals surface area (Å²) in [5, 5.41) is 21.5. The van der Waals surface area contributed by atoms with Crippen molar-refractivity contribution in [3.05, 3.63) is 64.6 Å². The summed E-state index contributed by atoms with van der Waals surface area (Å²) in [7, 11) is 2.72. The van der Waals surface area contributed by atoms with Crippen molar-refractivity contribution < 1.29 is 33.0 Å². The summed E-state index contributed by atoms with van der Waals surface area (Å²) < 4.78 is 35.0. The number of amides is 4. The number of nitrogens with one attached hydrogen (secondary N) is 4. The summed E-state index contributed by atoms with van der Waals surface area (Å²) in [4.78, 5) is 44.2. The lowest BCUT2D eigenvalue weighted by Gasteiger charge is -2.24. The molecular weight excluding hydrogens is 600 g/mol. The van der Waals surface area contributed by atoms with Gasteiger partial charge in [-0.05, 0) is 30.3 Å². The molecule has 1 aromatic heterocycles. The van der Waals surface area contributed by atoms with E-state index in [2.05, 4.69) is 26.3 Å². The first-order valence-electron chi connectivity index (χ1n) is 14.0. The summed E-state index contributed by atoms with van der Waals surface area (Å²) >= 11 is 6.40. The average molecular weight is 630 g/mol. The molecule has 44 heavy (non-hydrogen) atoms. The van der Waals surface area contributed by atoms with Crippen molar-refractivity contribution in [1.82, 2.24) is 30.4 Å². The molecule has 12 nitrogen and oxygen atoms in total. The number of aromatic nitrogens is 2. The number of hydrogen-bond acceptors (Lipinski definition) is 7. The van der Waals surface area contributed by atoms with Crippen LogP contribution in [-0.4, -0.2) is 88.9 Å². The summed E-state index contributed by atoms with van der Waals surface area (Å²) in [6, 6.07) is 6.44. The molecular formula is C29H30ClF2N7O5. The lowest BCUT2D eigenvalue weighted by atomic mass is 10.1. The summed E-state index contributed by atoms with van der Waals surface area (Å²) in [5.74, 6) is -3.30. The maximum Gasteiger partial charge on any atom is 0.317 e. The van der Waals surface area contributed by atoms with Crippen LogP contribution < -0.4 is 26.0 Å². The largest absolute Gasteiger partial charge is 0.494 e. The molecule has 5 atom stereocenters. The van der Waals surface area contributed by atoms with E-state index in [4.69, 9.17) is 16.3 Å². The Bertz CT molecular complexity index is 1640. The molecule has 0 unspecified atom stereocenters. The SMILES string of the molecule is COc1ccc(-c2cnc(C(=O)Nc3ccc(C(=O)N[C@H]4[C@@H]5CN(C(=O)N[C@@H]6CNC[C@H]6O)C[C@@H]54)c(Cl)c3)n2C)c(F)c1F. The molecule has 15 heteroatoms. The lowest BCUT2D eigenvalue weighted by molar-refractivity contribution is 0.0943. The number of benzene rings is 2. The molecule has 1 saturated carbocycles. The summed E-state index contributed by atoms with van der Waals surface area (Å²) in [6.45, 7) is 1.98. The second-order valence-corrected chi connectivity index (χ2v) is 11.5.